The van der Waals surface area contributed by atoms with Crippen LogP contribution in [0.5, 0.6) is 0 Å². The van der Waals surface area contributed by atoms with Crippen LogP contribution in [0.3, 0.4) is 0 Å². The molecule has 3 unspecified atom stereocenters. The summed E-state index contributed by atoms with van der Waals surface area (Å²) in [6.07, 6.45) is -0.763. The van der Waals surface area contributed by atoms with E-state index in [1.807, 2.05) is 0 Å². The van der Waals surface area contributed by atoms with E-state index in [0.717, 1.165) is 0 Å². The van der Waals surface area contributed by atoms with E-state index in [4.69, 9.17) is 21.1 Å². The lowest BCUT2D eigenvalue weighted by Crippen LogP contribution is -2.38. The molecule has 5 heteroatoms. The van der Waals surface area contributed by atoms with Gasteiger partial charge in [0.2, 0.25) is 0 Å². The van der Waals surface area contributed by atoms with E-state index in [-0.39, 0.29) is 6.42 Å². The molecule has 0 saturated heterocycles. The lowest BCUT2D eigenvalue weighted by atomic mass is 10.1. The average molecular weight is 161 g/mol. The minimum absolute atomic E-state index is 0.240. The highest BCUT2D eigenvalue weighted by molar-refractivity contribution is 5.83. The molecule has 1 aliphatic rings. The SMILES string of the molecule is NC1(C(=O)O)CC1C(O)CO. The molecule has 0 radical (unpaired) electrons. The zero-order chi connectivity index (χ0) is 8.65. The molecule has 64 valence electrons. The number of nitrogens with two attached hydrogens (primary N) is 1. The van der Waals surface area contributed by atoms with E-state index in [1.54, 1.807) is 0 Å². The summed E-state index contributed by atoms with van der Waals surface area (Å²) in [5.41, 5.74) is 4.04. The molecule has 0 spiro atoms. The lowest BCUT2D eigenvalue weighted by molar-refractivity contribution is -0.140. The van der Waals surface area contributed by atoms with Gasteiger partial charge in [0.25, 0.3) is 0 Å². The van der Waals surface area contributed by atoms with Gasteiger partial charge in [0.15, 0.2) is 0 Å². The van der Waals surface area contributed by atoms with Crippen LogP contribution in [0.25, 0.3) is 0 Å². The summed E-state index contributed by atoms with van der Waals surface area (Å²) < 4.78 is 0. The quantitative estimate of drug-likeness (QED) is 0.388. The normalized spacial score (nSPS) is 38.3. The first-order valence-corrected chi connectivity index (χ1v) is 3.33. The summed E-state index contributed by atoms with van der Waals surface area (Å²) in [6.45, 7) is -0.434. The average Bonchev–Trinajstić information content (AvgIpc) is 2.63. The smallest absolute Gasteiger partial charge is 0.324 e. The molecule has 0 aromatic carbocycles. The molecule has 3 atom stereocenters. The van der Waals surface area contributed by atoms with E-state index >= 15 is 0 Å². The largest absolute Gasteiger partial charge is 0.480 e. The maximum Gasteiger partial charge on any atom is 0.324 e. The second kappa shape index (κ2) is 2.44. The van der Waals surface area contributed by atoms with Gasteiger partial charge in [-0.1, -0.05) is 0 Å². The van der Waals surface area contributed by atoms with Crippen molar-refractivity contribution in [3.05, 3.63) is 0 Å². The first-order valence-electron chi connectivity index (χ1n) is 3.33. The van der Waals surface area contributed by atoms with Crippen molar-refractivity contribution in [3.63, 3.8) is 0 Å². The van der Waals surface area contributed by atoms with Crippen molar-refractivity contribution >= 4 is 5.97 Å². The van der Waals surface area contributed by atoms with Gasteiger partial charge in [-0.2, -0.15) is 0 Å². The van der Waals surface area contributed by atoms with E-state index in [2.05, 4.69) is 0 Å². The molecule has 1 aliphatic carbocycles. The van der Waals surface area contributed by atoms with Crippen LogP contribution in [0.4, 0.5) is 0 Å². The summed E-state index contributed by atoms with van der Waals surface area (Å²) in [5.74, 6) is -1.61. The highest BCUT2D eigenvalue weighted by Crippen LogP contribution is 2.43. The highest BCUT2D eigenvalue weighted by Gasteiger charge is 2.60. The fourth-order valence-electron chi connectivity index (χ4n) is 1.16. The Morgan fingerprint density at radius 1 is 1.82 bits per heavy atom. The number of carbonyl (C=O) groups is 1. The fraction of sp³-hybridized carbons (Fsp3) is 0.833. The van der Waals surface area contributed by atoms with Gasteiger partial charge < -0.3 is 21.1 Å². The predicted molar refractivity (Wildman–Crippen MR) is 35.8 cm³/mol. The second-order valence-electron chi connectivity index (χ2n) is 2.91. The van der Waals surface area contributed by atoms with Gasteiger partial charge in [-0.15, -0.1) is 0 Å². The third-order valence-corrected chi connectivity index (χ3v) is 2.11. The predicted octanol–water partition coefficient (Wildman–Crippen LogP) is -1.86. The second-order valence-corrected chi connectivity index (χ2v) is 2.91. The Balaban J connectivity index is 2.53. The van der Waals surface area contributed by atoms with Gasteiger partial charge in [0, 0.05) is 5.92 Å². The van der Waals surface area contributed by atoms with Crippen LogP contribution < -0.4 is 5.73 Å². The Morgan fingerprint density at radius 3 is 2.64 bits per heavy atom. The molecule has 0 bridgehead atoms. The minimum Gasteiger partial charge on any atom is -0.480 e. The van der Waals surface area contributed by atoms with E-state index in [9.17, 15) is 4.79 Å². The summed E-state index contributed by atoms with van der Waals surface area (Å²) in [7, 11) is 0. The summed E-state index contributed by atoms with van der Waals surface area (Å²) in [4.78, 5) is 10.4. The van der Waals surface area contributed by atoms with Crippen LogP contribution in [-0.4, -0.2) is 39.5 Å². The van der Waals surface area contributed by atoms with Gasteiger partial charge in [0.1, 0.15) is 5.54 Å². The van der Waals surface area contributed by atoms with Crippen LogP contribution in [0.2, 0.25) is 0 Å². The van der Waals surface area contributed by atoms with Crippen molar-refractivity contribution in [1.29, 1.82) is 0 Å². The zero-order valence-electron chi connectivity index (χ0n) is 5.90. The number of carboxylic acid groups (broad SMARTS) is 1. The summed E-state index contributed by atoms with van der Waals surface area (Å²) >= 11 is 0. The number of carboxylic acids is 1. The Hall–Kier alpha value is -0.650. The molecule has 0 aromatic rings. The monoisotopic (exact) mass is 161 g/mol. The minimum atomic E-state index is -1.30. The topological polar surface area (TPSA) is 104 Å². The lowest BCUT2D eigenvalue weighted by Gasteiger charge is -2.08. The van der Waals surface area contributed by atoms with Gasteiger partial charge in [0.05, 0.1) is 12.7 Å². The third kappa shape index (κ3) is 1.22. The molecule has 11 heavy (non-hydrogen) atoms. The molecule has 0 heterocycles. The van der Waals surface area contributed by atoms with Gasteiger partial charge >= 0.3 is 5.97 Å². The Kier molecular flexibility index (Phi) is 1.87. The van der Waals surface area contributed by atoms with Gasteiger partial charge in [-0.3, -0.25) is 4.79 Å². The molecule has 0 aromatic heterocycles. The first kappa shape index (κ1) is 8.45. The maximum absolute atomic E-state index is 10.4. The van der Waals surface area contributed by atoms with Gasteiger partial charge in [-0.05, 0) is 6.42 Å². The Bertz CT molecular complexity index is 183. The summed E-state index contributed by atoms with van der Waals surface area (Å²) in [5, 5.41) is 26.0. The molecule has 1 fully saturated rings. The number of aliphatic hydroxyl groups excluding tert-OH is 2. The summed E-state index contributed by atoms with van der Waals surface area (Å²) in [6, 6.07) is 0. The van der Waals surface area contributed by atoms with E-state index in [1.165, 1.54) is 0 Å². The van der Waals surface area contributed by atoms with Crippen LogP contribution in [-0.2, 0) is 4.79 Å². The molecule has 0 aliphatic heterocycles. The maximum atomic E-state index is 10.4. The number of rotatable bonds is 3. The van der Waals surface area contributed by atoms with Crippen molar-refractivity contribution in [3.8, 4) is 0 Å². The van der Waals surface area contributed by atoms with Crippen molar-refractivity contribution in [2.75, 3.05) is 6.61 Å². The van der Waals surface area contributed by atoms with Crippen LogP contribution in [0, 0.1) is 5.92 Å². The number of hydrogen-bond acceptors (Lipinski definition) is 4. The number of aliphatic hydroxyl groups is 2. The van der Waals surface area contributed by atoms with Crippen molar-refractivity contribution in [1.82, 2.24) is 0 Å². The molecular formula is C6H11NO4. The Morgan fingerprint density at radius 2 is 2.36 bits per heavy atom. The van der Waals surface area contributed by atoms with Crippen molar-refractivity contribution < 1.29 is 20.1 Å². The number of aliphatic carboxylic acids is 1. The fourth-order valence-corrected chi connectivity index (χ4v) is 1.16. The molecular weight excluding hydrogens is 150 g/mol. The first-order chi connectivity index (χ1) is 5.02. The van der Waals surface area contributed by atoms with E-state index < -0.39 is 30.1 Å². The van der Waals surface area contributed by atoms with Crippen LogP contribution >= 0.6 is 0 Å². The highest BCUT2D eigenvalue weighted by atomic mass is 16.4. The van der Waals surface area contributed by atoms with Crippen molar-refractivity contribution in [2.45, 2.75) is 18.1 Å². The molecule has 0 amide bonds. The molecule has 5 N–H and O–H groups in total. The Labute approximate surface area is 63.4 Å². The van der Waals surface area contributed by atoms with Crippen molar-refractivity contribution in [2.24, 2.45) is 11.7 Å². The number of hydrogen-bond donors (Lipinski definition) is 4. The standard InChI is InChI=1S/C6H11NO4/c7-6(5(10)11)1-3(6)4(9)2-8/h3-4,8-9H,1-2,7H2,(H,10,11). The van der Waals surface area contributed by atoms with Crippen LogP contribution in [0.1, 0.15) is 6.42 Å². The molecule has 5 nitrogen and oxygen atoms in total. The third-order valence-electron chi connectivity index (χ3n) is 2.11. The van der Waals surface area contributed by atoms with Crippen LogP contribution in [0.15, 0.2) is 0 Å². The zero-order valence-corrected chi connectivity index (χ0v) is 5.90. The molecule has 1 rings (SSSR count). The van der Waals surface area contributed by atoms with E-state index in [0.29, 0.717) is 0 Å². The molecule has 1 saturated carbocycles. The van der Waals surface area contributed by atoms with Gasteiger partial charge in [-0.25, -0.2) is 0 Å².